The number of nitrogens with zero attached hydrogens (tertiary/aromatic N) is 2. The third kappa shape index (κ3) is 8.80. The maximum Gasteiger partial charge on any atom is 0.338 e. The molecule has 196 valence electrons. The predicted molar refractivity (Wildman–Crippen MR) is 139 cm³/mol. The molecule has 3 amide bonds. The van der Waals surface area contributed by atoms with Gasteiger partial charge in [-0.3, -0.25) is 4.79 Å². The van der Waals surface area contributed by atoms with Crippen molar-refractivity contribution < 1.29 is 28.3 Å². The molecule has 0 aliphatic carbocycles. The molecule has 9 nitrogen and oxygen atoms in total. The summed E-state index contributed by atoms with van der Waals surface area (Å²) >= 11 is 0. The van der Waals surface area contributed by atoms with Crippen molar-refractivity contribution >= 4 is 23.6 Å². The molecular weight excluding hydrogens is 474 g/mol. The number of rotatable bonds is 13. The van der Waals surface area contributed by atoms with Crippen LogP contribution < -0.4 is 5.32 Å². The Hall–Kier alpha value is -4.11. The number of amides is 3. The number of hydrogen-bond donors (Lipinski definition) is 1. The predicted octanol–water partition coefficient (Wildman–Crippen LogP) is 4.56. The SMILES string of the molecule is CCOC(=O)c1ccc(NC(=O)N(CCCOC)CC(=O)N(Cc2ccccc2)Cc2ccco2)cc1. The highest BCUT2D eigenvalue weighted by Gasteiger charge is 2.23. The molecule has 1 aromatic heterocycles. The van der Waals surface area contributed by atoms with E-state index in [9.17, 15) is 14.4 Å². The van der Waals surface area contributed by atoms with E-state index in [0.717, 1.165) is 5.56 Å². The second-order valence-corrected chi connectivity index (χ2v) is 8.31. The second kappa shape index (κ2) is 14.4. The molecule has 2 aromatic carbocycles. The smallest absolute Gasteiger partial charge is 0.338 e. The molecule has 0 fully saturated rings. The zero-order chi connectivity index (χ0) is 26.5. The van der Waals surface area contributed by atoms with Gasteiger partial charge in [0.15, 0.2) is 0 Å². The van der Waals surface area contributed by atoms with Crippen LogP contribution in [0.4, 0.5) is 10.5 Å². The first-order valence-corrected chi connectivity index (χ1v) is 12.2. The van der Waals surface area contributed by atoms with Gasteiger partial charge in [-0.1, -0.05) is 30.3 Å². The van der Waals surface area contributed by atoms with E-state index in [1.807, 2.05) is 36.4 Å². The summed E-state index contributed by atoms with van der Waals surface area (Å²) in [4.78, 5) is 41.6. The van der Waals surface area contributed by atoms with E-state index in [1.54, 1.807) is 55.5 Å². The van der Waals surface area contributed by atoms with E-state index < -0.39 is 12.0 Å². The molecule has 3 rings (SSSR count). The zero-order valence-electron chi connectivity index (χ0n) is 21.2. The Labute approximate surface area is 217 Å². The quantitative estimate of drug-likeness (QED) is 0.269. The van der Waals surface area contributed by atoms with E-state index in [-0.39, 0.29) is 25.6 Å². The Morgan fingerprint density at radius 1 is 0.919 bits per heavy atom. The van der Waals surface area contributed by atoms with Gasteiger partial charge in [0, 0.05) is 32.5 Å². The summed E-state index contributed by atoms with van der Waals surface area (Å²) in [5, 5.41) is 2.81. The number of carbonyl (C=O) groups excluding carboxylic acids is 3. The molecule has 0 bridgehead atoms. The summed E-state index contributed by atoms with van der Waals surface area (Å²) in [6, 6.07) is 19.2. The minimum atomic E-state index is -0.428. The van der Waals surface area contributed by atoms with Crippen LogP contribution >= 0.6 is 0 Å². The molecular formula is C28H33N3O6. The van der Waals surface area contributed by atoms with E-state index >= 15 is 0 Å². The lowest BCUT2D eigenvalue weighted by molar-refractivity contribution is -0.133. The first kappa shape index (κ1) is 27.5. The lowest BCUT2D eigenvalue weighted by Crippen LogP contribution is -2.44. The number of hydrogen-bond acceptors (Lipinski definition) is 6. The number of anilines is 1. The average molecular weight is 508 g/mol. The molecule has 0 aliphatic rings. The molecule has 0 spiro atoms. The molecule has 0 aliphatic heterocycles. The van der Waals surface area contributed by atoms with Gasteiger partial charge in [0.1, 0.15) is 12.3 Å². The molecule has 0 saturated carbocycles. The maximum atomic E-state index is 13.4. The van der Waals surface area contributed by atoms with Crippen molar-refractivity contribution in [3.63, 3.8) is 0 Å². The first-order valence-electron chi connectivity index (χ1n) is 12.2. The summed E-state index contributed by atoms with van der Waals surface area (Å²) in [6.07, 6.45) is 2.13. The molecule has 0 unspecified atom stereocenters. The molecule has 0 radical (unpaired) electrons. The fraction of sp³-hybridized carbons (Fsp3) is 0.321. The van der Waals surface area contributed by atoms with Crippen LogP contribution in [-0.4, -0.2) is 61.1 Å². The highest BCUT2D eigenvalue weighted by Crippen LogP contribution is 2.14. The fourth-order valence-electron chi connectivity index (χ4n) is 3.65. The second-order valence-electron chi connectivity index (χ2n) is 8.31. The van der Waals surface area contributed by atoms with Gasteiger partial charge in [-0.15, -0.1) is 0 Å². The number of methoxy groups -OCH3 is 1. The number of nitrogens with one attached hydrogen (secondary N) is 1. The third-order valence-corrected chi connectivity index (χ3v) is 5.53. The topological polar surface area (TPSA) is 101 Å². The molecule has 3 aromatic rings. The Balaban J connectivity index is 1.71. The van der Waals surface area contributed by atoms with Crippen LogP contribution in [-0.2, 0) is 27.4 Å². The van der Waals surface area contributed by atoms with Gasteiger partial charge < -0.3 is 29.0 Å². The average Bonchev–Trinajstić information content (AvgIpc) is 3.42. The Kier molecular flexibility index (Phi) is 10.7. The van der Waals surface area contributed by atoms with Crippen LogP contribution in [0.25, 0.3) is 0 Å². The van der Waals surface area contributed by atoms with Crippen LogP contribution in [0.5, 0.6) is 0 Å². The van der Waals surface area contributed by atoms with Gasteiger partial charge >= 0.3 is 12.0 Å². The maximum absolute atomic E-state index is 13.4. The van der Waals surface area contributed by atoms with Gasteiger partial charge in [0.05, 0.1) is 25.0 Å². The Bertz CT molecular complexity index is 1120. The fourth-order valence-corrected chi connectivity index (χ4v) is 3.65. The summed E-state index contributed by atoms with van der Waals surface area (Å²) in [5.41, 5.74) is 1.86. The molecule has 1 N–H and O–H groups in total. The van der Waals surface area contributed by atoms with Crippen molar-refractivity contribution in [3.05, 3.63) is 89.9 Å². The zero-order valence-corrected chi connectivity index (χ0v) is 21.2. The van der Waals surface area contributed by atoms with E-state index in [1.165, 1.54) is 4.90 Å². The van der Waals surface area contributed by atoms with Gasteiger partial charge in [0.2, 0.25) is 5.91 Å². The Morgan fingerprint density at radius 2 is 1.68 bits per heavy atom. The van der Waals surface area contributed by atoms with Crippen LogP contribution in [0.2, 0.25) is 0 Å². The number of carbonyl (C=O) groups is 3. The van der Waals surface area contributed by atoms with Gasteiger partial charge in [-0.05, 0) is 55.3 Å². The van der Waals surface area contributed by atoms with Crippen LogP contribution in [0.15, 0.2) is 77.4 Å². The van der Waals surface area contributed by atoms with E-state index in [4.69, 9.17) is 13.9 Å². The number of benzene rings is 2. The molecule has 0 atom stereocenters. The van der Waals surface area contributed by atoms with Gasteiger partial charge in [-0.2, -0.15) is 0 Å². The van der Waals surface area contributed by atoms with Crippen molar-refractivity contribution in [3.8, 4) is 0 Å². The van der Waals surface area contributed by atoms with Gasteiger partial charge in [0.25, 0.3) is 0 Å². The lowest BCUT2D eigenvalue weighted by Gasteiger charge is -2.27. The standard InChI is InChI=1S/C28H33N3O6/c1-3-36-27(33)23-12-14-24(15-13-23)29-28(34)30(16-8-17-35-2)21-26(32)31(20-25-11-7-18-37-25)19-22-9-5-4-6-10-22/h4-7,9-15,18H,3,8,16-17,19-21H2,1-2H3,(H,29,34). The first-order chi connectivity index (χ1) is 18.0. The van der Waals surface area contributed by atoms with Gasteiger partial charge in [-0.25, -0.2) is 9.59 Å². The van der Waals surface area contributed by atoms with Crippen LogP contribution in [0.3, 0.4) is 0 Å². The largest absolute Gasteiger partial charge is 0.467 e. The minimum Gasteiger partial charge on any atom is -0.467 e. The molecule has 1 heterocycles. The van der Waals surface area contributed by atoms with Crippen LogP contribution in [0, 0.1) is 0 Å². The summed E-state index contributed by atoms with van der Waals surface area (Å²) in [5.74, 6) is 0.00839. The van der Waals surface area contributed by atoms with E-state index in [0.29, 0.717) is 43.1 Å². The van der Waals surface area contributed by atoms with Crippen molar-refractivity contribution in [1.29, 1.82) is 0 Å². The molecule has 9 heteroatoms. The molecule has 37 heavy (non-hydrogen) atoms. The van der Waals surface area contributed by atoms with E-state index in [2.05, 4.69) is 5.32 Å². The monoisotopic (exact) mass is 507 g/mol. The lowest BCUT2D eigenvalue weighted by atomic mass is 10.2. The number of ether oxygens (including phenoxy) is 2. The third-order valence-electron chi connectivity index (χ3n) is 5.53. The normalized spacial score (nSPS) is 10.5. The van der Waals surface area contributed by atoms with Crippen LogP contribution in [0.1, 0.15) is 35.0 Å². The number of urea groups is 1. The van der Waals surface area contributed by atoms with Crippen molar-refractivity contribution in [2.45, 2.75) is 26.4 Å². The molecule has 0 saturated heterocycles. The minimum absolute atomic E-state index is 0.121. The summed E-state index contributed by atoms with van der Waals surface area (Å²) in [7, 11) is 1.59. The Morgan fingerprint density at radius 3 is 2.32 bits per heavy atom. The number of furan rings is 1. The highest BCUT2D eigenvalue weighted by atomic mass is 16.5. The van der Waals surface area contributed by atoms with Crippen molar-refractivity contribution in [1.82, 2.24) is 9.80 Å². The van der Waals surface area contributed by atoms with Crippen molar-refractivity contribution in [2.24, 2.45) is 0 Å². The highest BCUT2D eigenvalue weighted by molar-refractivity contribution is 5.94. The number of esters is 1. The summed E-state index contributed by atoms with van der Waals surface area (Å²) < 4.78 is 15.6. The summed E-state index contributed by atoms with van der Waals surface area (Å²) in [6.45, 7) is 3.33. The van der Waals surface area contributed by atoms with Crippen molar-refractivity contribution in [2.75, 3.05) is 38.7 Å².